The van der Waals surface area contributed by atoms with Gasteiger partial charge >= 0.3 is 0 Å². The SMILES string of the molecule is CNS(=O)(=O)CCNC(=O)Cc1noc(C)n1. The maximum atomic E-state index is 11.3. The highest BCUT2D eigenvalue weighted by Crippen LogP contribution is 1.95. The summed E-state index contributed by atoms with van der Waals surface area (Å²) in [5, 5.41) is 6.00. The second kappa shape index (κ2) is 5.73. The van der Waals surface area contributed by atoms with Crippen LogP contribution in [0.1, 0.15) is 11.7 Å². The lowest BCUT2D eigenvalue weighted by molar-refractivity contribution is -0.120. The van der Waals surface area contributed by atoms with Crippen molar-refractivity contribution in [2.24, 2.45) is 0 Å². The monoisotopic (exact) mass is 262 g/mol. The van der Waals surface area contributed by atoms with E-state index in [2.05, 4.69) is 20.2 Å². The molecule has 0 radical (unpaired) electrons. The van der Waals surface area contributed by atoms with Gasteiger partial charge in [0.15, 0.2) is 5.82 Å². The highest BCUT2D eigenvalue weighted by molar-refractivity contribution is 7.89. The van der Waals surface area contributed by atoms with Crippen LogP contribution in [-0.2, 0) is 21.2 Å². The molecule has 0 saturated carbocycles. The number of nitrogens with one attached hydrogen (secondary N) is 2. The summed E-state index contributed by atoms with van der Waals surface area (Å²) in [4.78, 5) is 15.2. The highest BCUT2D eigenvalue weighted by Gasteiger charge is 2.11. The molecule has 2 N–H and O–H groups in total. The minimum Gasteiger partial charge on any atom is -0.355 e. The summed E-state index contributed by atoms with van der Waals surface area (Å²) in [5.41, 5.74) is 0. The van der Waals surface area contributed by atoms with Crippen LogP contribution in [0.3, 0.4) is 0 Å². The van der Waals surface area contributed by atoms with E-state index in [0.29, 0.717) is 5.89 Å². The Balaban J connectivity index is 2.31. The third-order valence-electron chi connectivity index (χ3n) is 1.89. The number of nitrogens with zero attached hydrogens (tertiary/aromatic N) is 2. The zero-order chi connectivity index (χ0) is 12.9. The quantitative estimate of drug-likeness (QED) is 0.650. The Bertz CT molecular complexity index is 481. The minimum atomic E-state index is -3.30. The summed E-state index contributed by atoms with van der Waals surface area (Å²) >= 11 is 0. The first-order chi connectivity index (χ1) is 7.93. The third kappa shape index (κ3) is 4.91. The maximum Gasteiger partial charge on any atom is 0.227 e. The number of hydrogen-bond donors (Lipinski definition) is 2. The van der Waals surface area contributed by atoms with E-state index in [1.165, 1.54) is 7.05 Å². The maximum absolute atomic E-state index is 11.3. The second-order valence-electron chi connectivity index (χ2n) is 3.28. The van der Waals surface area contributed by atoms with E-state index < -0.39 is 10.0 Å². The third-order valence-corrected chi connectivity index (χ3v) is 3.26. The predicted molar refractivity (Wildman–Crippen MR) is 58.6 cm³/mol. The first-order valence-electron chi connectivity index (χ1n) is 4.90. The molecular weight excluding hydrogens is 248 g/mol. The number of sulfonamides is 1. The Kier molecular flexibility index (Phi) is 4.58. The van der Waals surface area contributed by atoms with E-state index in [1.54, 1.807) is 6.92 Å². The van der Waals surface area contributed by atoms with Crippen LogP contribution in [0.2, 0.25) is 0 Å². The van der Waals surface area contributed by atoms with Crippen molar-refractivity contribution in [1.82, 2.24) is 20.2 Å². The van der Waals surface area contributed by atoms with Crippen LogP contribution < -0.4 is 10.0 Å². The van der Waals surface area contributed by atoms with Gasteiger partial charge in [0.1, 0.15) is 0 Å². The van der Waals surface area contributed by atoms with Crippen molar-refractivity contribution in [2.75, 3.05) is 19.3 Å². The lowest BCUT2D eigenvalue weighted by Crippen LogP contribution is -2.33. The molecule has 0 saturated heterocycles. The molecule has 8 nitrogen and oxygen atoms in total. The van der Waals surface area contributed by atoms with E-state index in [1.807, 2.05) is 0 Å². The molecule has 96 valence electrons. The number of hydrogen-bond acceptors (Lipinski definition) is 6. The van der Waals surface area contributed by atoms with Crippen LogP contribution in [0, 0.1) is 6.92 Å². The molecule has 0 bridgehead atoms. The van der Waals surface area contributed by atoms with E-state index in [0.717, 1.165) is 0 Å². The van der Waals surface area contributed by atoms with Crippen molar-refractivity contribution in [2.45, 2.75) is 13.3 Å². The van der Waals surface area contributed by atoms with Crippen molar-refractivity contribution in [1.29, 1.82) is 0 Å². The van der Waals surface area contributed by atoms with Crippen LogP contribution in [0.5, 0.6) is 0 Å². The van der Waals surface area contributed by atoms with Crippen LogP contribution in [-0.4, -0.2) is 43.8 Å². The molecule has 0 spiro atoms. The molecule has 1 heterocycles. The normalized spacial score (nSPS) is 11.4. The van der Waals surface area contributed by atoms with Crippen LogP contribution >= 0.6 is 0 Å². The summed E-state index contributed by atoms with van der Waals surface area (Å²) in [6, 6.07) is 0. The van der Waals surface area contributed by atoms with Gasteiger partial charge in [0.2, 0.25) is 21.8 Å². The first kappa shape index (κ1) is 13.6. The fourth-order valence-corrected chi connectivity index (χ4v) is 1.62. The molecule has 9 heteroatoms. The zero-order valence-electron chi connectivity index (χ0n) is 9.56. The lowest BCUT2D eigenvalue weighted by atomic mass is 10.4. The summed E-state index contributed by atoms with van der Waals surface area (Å²) in [6.45, 7) is 1.66. The van der Waals surface area contributed by atoms with Crippen molar-refractivity contribution in [3.05, 3.63) is 11.7 Å². The molecule has 0 aliphatic heterocycles. The fourth-order valence-electron chi connectivity index (χ4n) is 1.05. The summed E-state index contributed by atoms with van der Waals surface area (Å²) < 4.78 is 28.9. The number of rotatable bonds is 6. The molecule has 0 fully saturated rings. The molecule has 1 aromatic rings. The van der Waals surface area contributed by atoms with Gasteiger partial charge in [-0.05, 0) is 7.05 Å². The summed E-state index contributed by atoms with van der Waals surface area (Å²) in [7, 11) is -1.98. The van der Waals surface area contributed by atoms with Crippen LogP contribution in [0.4, 0.5) is 0 Å². The van der Waals surface area contributed by atoms with Gasteiger partial charge in [-0.3, -0.25) is 4.79 Å². The van der Waals surface area contributed by atoms with Gasteiger partial charge < -0.3 is 9.84 Å². The Labute approximate surface area is 98.8 Å². The van der Waals surface area contributed by atoms with Crippen molar-refractivity contribution < 1.29 is 17.7 Å². The van der Waals surface area contributed by atoms with Gasteiger partial charge in [-0.2, -0.15) is 4.98 Å². The van der Waals surface area contributed by atoms with Gasteiger partial charge in [0.05, 0.1) is 12.2 Å². The average Bonchev–Trinajstić information content (AvgIpc) is 2.63. The molecule has 1 amide bonds. The average molecular weight is 262 g/mol. The van der Waals surface area contributed by atoms with Crippen LogP contribution in [0.25, 0.3) is 0 Å². The summed E-state index contributed by atoms with van der Waals surface area (Å²) in [6.07, 6.45) is -0.0308. The van der Waals surface area contributed by atoms with Crippen LogP contribution in [0.15, 0.2) is 4.52 Å². The second-order valence-corrected chi connectivity index (χ2v) is 5.33. The topological polar surface area (TPSA) is 114 Å². The molecule has 0 aliphatic rings. The minimum absolute atomic E-state index is 0.0308. The molecule has 1 aromatic heterocycles. The number of carbonyl (C=O) groups is 1. The largest absolute Gasteiger partial charge is 0.355 e. The van der Waals surface area contributed by atoms with E-state index >= 15 is 0 Å². The Hall–Kier alpha value is -1.48. The van der Waals surface area contributed by atoms with E-state index in [-0.39, 0.29) is 30.5 Å². The number of aromatic nitrogens is 2. The fraction of sp³-hybridized carbons (Fsp3) is 0.625. The Morgan fingerprint density at radius 2 is 2.18 bits per heavy atom. The smallest absolute Gasteiger partial charge is 0.227 e. The number of amides is 1. The molecule has 0 aromatic carbocycles. The van der Waals surface area contributed by atoms with Crippen molar-refractivity contribution in [3.63, 3.8) is 0 Å². The predicted octanol–water partition coefficient (Wildman–Crippen LogP) is -1.41. The molecule has 0 atom stereocenters. The van der Waals surface area contributed by atoms with Gasteiger partial charge in [-0.25, -0.2) is 13.1 Å². The summed E-state index contributed by atoms with van der Waals surface area (Å²) in [5.74, 6) is 0.139. The molecule has 0 unspecified atom stereocenters. The van der Waals surface area contributed by atoms with Gasteiger partial charge in [-0.15, -0.1) is 0 Å². The van der Waals surface area contributed by atoms with E-state index in [9.17, 15) is 13.2 Å². The number of carbonyl (C=O) groups excluding carboxylic acids is 1. The molecule has 0 aliphatic carbocycles. The van der Waals surface area contributed by atoms with Crippen molar-refractivity contribution in [3.8, 4) is 0 Å². The van der Waals surface area contributed by atoms with Gasteiger partial charge in [-0.1, -0.05) is 5.16 Å². The van der Waals surface area contributed by atoms with Crippen molar-refractivity contribution >= 4 is 15.9 Å². The Morgan fingerprint density at radius 3 is 2.71 bits per heavy atom. The van der Waals surface area contributed by atoms with E-state index in [4.69, 9.17) is 4.52 Å². The highest BCUT2D eigenvalue weighted by atomic mass is 32.2. The first-order valence-corrected chi connectivity index (χ1v) is 6.55. The Morgan fingerprint density at radius 1 is 1.47 bits per heavy atom. The molecular formula is C8H14N4O4S. The molecule has 17 heavy (non-hydrogen) atoms. The van der Waals surface area contributed by atoms with Gasteiger partial charge in [0, 0.05) is 13.5 Å². The lowest BCUT2D eigenvalue weighted by Gasteiger charge is -2.03. The molecule has 1 rings (SSSR count). The number of aryl methyl sites for hydroxylation is 1. The standard InChI is InChI=1S/C8H14N4O4S/c1-6-11-7(12-16-6)5-8(13)10-3-4-17(14,15)9-2/h9H,3-5H2,1-2H3,(H,10,13). The van der Waals surface area contributed by atoms with Gasteiger partial charge in [0.25, 0.3) is 0 Å². The zero-order valence-corrected chi connectivity index (χ0v) is 10.4.